The van der Waals surface area contributed by atoms with Crippen molar-refractivity contribution >= 4 is 32.3 Å². The summed E-state index contributed by atoms with van der Waals surface area (Å²) in [6.07, 6.45) is 0.826. The average molecular weight is 368 g/mol. The fraction of sp³-hybridized carbons (Fsp3) is 0.0357. The maximum atomic E-state index is 13.6. The van der Waals surface area contributed by atoms with Crippen LogP contribution in [-0.2, 0) is 6.42 Å². The Bertz CT molecular complexity index is 1630. The molecule has 1 heteroatoms. The molecule has 1 aliphatic carbocycles. The van der Waals surface area contributed by atoms with Crippen LogP contribution < -0.4 is 5.43 Å². The summed E-state index contributed by atoms with van der Waals surface area (Å²) in [5, 5.41) is 6.39. The van der Waals surface area contributed by atoms with Crippen LogP contribution >= 0.6 is 0 Å². The molecule has 1 nitrogen and oxygen atoms in total. The standard InChI is InChI=1S/C28H16O/c29-28-21-12-6-10-17-13-14-20-23(16-7-2-1-3-8-16)25-19-11-5-4-9-18(19)15-22(25)27(28)26(20)24(17)21/h1-14H,15H2. The molecule has 1 aliphatic rings. The lowest BCUT2D eigenvalue weighted by atomic mass is 9.87. The zero-order valence-corrected chi connectivity index (χ0v) is 15.7. The van der Waals surface area contributed by atoms with Gasteiger partial charge in [0.1, 0.15) is 0 Å². The van der Waals surface area contributed by atoms with E-state index in [1.165, 1.54) is 38.8 Å². The molecule has 6 aromatic carbocycles. The summed E-state index contributed by atoms with van der Waals surface area (Å²) < 4.78 is 0. The summed E-state index contributed by atoms with van der Waals surface area (Å²) in [5.41, 5.74) is 7.68. The van der Waals surface area contributed by atoms with Gasteiger partial charge in [0, 0.05) is 21.5 Å². The first-order chi connectivity index (χ1) is 14.3. The molecular weight excluding hydrogens is 352 g/mol. The molecule has 0 saturated carbocycles. The van der Waals surface area contributed by atoms with Gasteiger partial charge >= 0.3 is 0 Å². The molecule has 29 heavy (non-hydrogen) atoms. The fourth-order valence-corrected chi connectivity index (χ4v) is 5.47. The molecule has 0 amide bonds. The molecule has 0 aromatic heterocycles. The third-order valence-corrected chi connectivity index (χ3v) is 6.61. The van der Waals surface area contributed by atoms with E-state index in [2.05, 4.69) is 72.8 Å². The van der Waals surface area contributed by atoms with E-state index in [0.717, 1.165) is 33.4 Å². The Morgan fingerprint density at radius 3 is 2.31 bits per heavy atom. The van der Waals surface area contributed by atoms with Crippen LogP contribution in [0.2, 0.25) is 0 Å². The van der Waals surface area contributed by atoms with E-state index < -0.39 is 0 Å². The first-order valence-electron chi connectivity index (χ1n) is 10.1. The van der Waals surface area contributed by atoms with Crippen molar-refractivity contribution in [1.29, 1.82) is 0 Å². The van der Waals surface area contributed by atoms with E-state index in [4.69, 9.17) is 0 Å². The predicted molar refractivity (Wildman–Crippen MR) is 121 cm³/mol. The van der Waals surface area contributed by atoms with Crippen molar-refractivity contribution in [2.75, 3.05) is 0 Å². The molecule has 0 atom stereocenters. The van der Waals surface area contributed by atoms with Crippen molar-refractivity contribution in [2.24, 2.45) is 0 Å². The number of hydrogen-bond acceptors (Lipinski definition) is 1. The third-order valence-electron chi connectivity index (χ3n) is 6.61. The molecule has 0 bridgehead atoms. The lowest BCUT2D eigenvalue weighted by Gasteiger charge is -2.16. The van der Waals surface area contributed by atoms with Crippen LogP contribution in [0.5, 0.6) is 0 Å². The SMILES string of the molecule is O=c1c2cccc3ccc4c(-c5ccccc5)c5c(c1c4c32)Cc1ccccc1-5. The van der Waals surface area contributed by atoms with Crippen molar-refractivity contribution in [2.45, 2.75) is 6.42 Å². The monoisotopic (exact) mass is 368 g/mol. The Morgan fingerprint density at radius 2 is 1.41 bits per heavy atom. The Kier molecular flexibility index (Phi) is 2.74. The van der Waals surface area contributed by atoms with Crippen LogP contribution in [0, 0.1) is 0 Å². The fourth-order valence-electron chi connectivity index (χ4n) is 5.47. The number of rotatable bonds is 1. The van der Waals surface area contributed by atoms with Gasteiger partial charge in [-0.1, -0.05) is 84.9 Å². The van der Waals surface area contributed by atoms with Crippen LogP contribution in [-0.4, -0.2) is 0 Å². The lowest BCUT2D eigenvalue weighted by molar-refractivity contribution is 1.28. The zero-order valence-electron chi connectivity index (χ0n) is 15.7. The van der Waals surface area contributed by atoms with Gasteiger partial charge in [-0.3, -0.25) is 4.79 Å². The van der Waals surface area contributed by atoms with Crippen LogP contribution in [0.4, 0.5) is 0 Å². The van der Waals surface area contributed by atoms with Crippen LogP contribution in [0.15, 0.2) is 89.7 Å². The Labute approximate surface area is 167 Å². The molecular formula is C28H16O. The van der Waals surface area contributed by atoms with Crippen molar-refractivity contribution in [3.63, 3.8) is 0 Å². The largest absolute Gasteiger partial charge is 0.289 e. The second-order valence-corrected chi connectivity index (χ2v) is 8.02. The summed E-state index contributed by atoms with van der Waals surface area (Å²) in [5.74, 6) is 0. The van der Waals surface area contributed by atoms with Gasteiger partial charge in [0.15, 0.2) is 5.43 Å². The highest BCUT2D eigenvalue weighted by molar-refractivity contribution is 6.31. The molecule has 0 N–H and O–H groups in total. The molecule has 0 saturated heterocycles. The minimum Gasteiger partial charge on any atom is -0.289 e. The van der Waals surface area contributed by atoms with Gasteiger partial charge in [-0.2, -0.15) is 0 Å². The first kappa shape index (κ1) is 15.2. The minimum atomic E-state index is 0.186. The molecule has 0 spiro atoms. The van der Waals surface area contributed by atoms with Crippen LogP contribution in [0.3, 0.4) is 0 Å². The van der Waals surface area contributed by atoms with Crippen molar-refractivity contribution < 1.29 is 0 Å². The van der Waals surface area contributed by atoms with Gasteiger partial charge in [-0.15, -0.1) is 0 Å². The number of benzene rings is 5. The normalized spacial score (nSPS) is 12.8. The van der Waals surface area contributed by atoms with Crippen LogP contribution in [0.1, 0.15) is 11.1 Å². The van der Waals surface area contributed by atoms with Crippen LogP contribution in [0.25, 0.3) is 54.6 Å². The van der Waals surface area contributed by atoms with Gasteiger partial charge in [-0.05, 0) is 50.6 Å². The Morgan fingerprint density at radius 1 is 0.586 bits per heavy atom. The summed E-state index contributed by atoms with van der Waals surface area (Å²) >= 11 is 0. The molecule has 134 valence electrons. The lowest BCUT2D eigenvalue weighted by Crippen LogP contribution is -1.99. The Hall–Kier alpha value is -3.71. The molecule has 0 heterocycles. The maximum Gasteiger partial charge on any atom is 0.194 e. The average Bonchev–Trinajstić information content (AvgIpc) is 3.29. The summed E-state index contributed by atoms with van der Waals surface area (Å²) in [6.45, 7) is 0. The van der Waals surface area contributed by atoms with Gasteiger partial charge in [0.25, 0.3) is 0 Å². The van der Waals surface area contributed by atoms with Gasteiger partial charge in [0.05, 0.1) is 0 Å². The molecule has 0 radical (unpaired) electrons. The predicted octanol–water partition coefficient (Wildman–Crippen LogP) is 6.62. The van der Waals surface area contributed by atoms with E-state index in [0.29, 0.717) is 0 Å². The topological polar surface area (TPSA) is 17.1 Å². The highest BCUT2D eigenvalue weighted by Gasteiger charge is 2.30. The highest BCUT2D eigenvalue weighted by atomic mass is 16.1. The summed E-state index contributed by atoms with van der Waals surface area (Å²) in [6, 6.07) is 29.7. The Balaban J connectivity index is 1.82. The quantitative estimate of drug-likeness (QED) is 0.298. The molecule has 7 rings (SSSR count). The van der Waals surface area contributed by atoms with Gasteiger partial charge in [0.2, 0.25) is 0 Å². The molecule has 0 aliphatic heterocycles. The molecule has 0 fully saturated rings. The summed E-state index contributed by atoms with van der Waals surface area (Å²) in [7, 11) is 0. The summed E-state index contributed by atoms with van der Waals surface area (Å²) in [4.78, 5) is 13.6. The minimum absolute atomic E-state index is 0.186. The van der Waals surface area contributed by atoms with E-state index >= 15 is 0 Å². The zero-order chi connectivity index (χ0) is 19.1. The second-order valence-electron chi connectivity index (χ2n) is 8.02. The molecule has 0 unspecified atom stereocenters. The highest BCUT2D eigenvalue weighted by Crippen LogP contribution is 2.50. The van der Waals surface area contributed by atoms with E-state index in [1.54, 1.807) is 0 Å². The maximum absolute atomic E-state index is 13.6. The number of hydrogen-bond donors (Lipinski definition) is 0. The van der Waals surface area contributed by atoms with Crippen molar-refractivity contribution in [3.8, 4) is 22.3 Å². The van der Waals surface area contributed by atoms with Crippen molar-refractivity contribution in [1.82, 2.24) is 0 Å². The van der Waals surface area contributed by atoms with E-state index in [-0.39, 0.29) is 5.43 Å². The first-order valence-corrected chi connectivity index (χ1v) is 10.1. The van der Waals surface area contributed by atoms with Gasteiger partial charge < -0.3 is 0 Å². The number of fused-ring (bicyclic) bond motifs is 4. The van der Waals surface area contributed by atoms with Gasteiger partial charge in [-0.25, -0.2) is 0 Å². The van der Waals surface area contributed by atoms with E-state index in [1.807, 2.05) is 12.1 Å². The van der Waals surface area contributed by atoms with Crippen molar-refractivity contribution in [3.05, 3.63) is 106 Å². The second kappa shape index (κ2) is 5.21. The smallest absolute Gasteiger partial charge is 0.194 e. The molecule has 6 aromatic rings. The van der Waals surface area contributed by atoms with E-state index in [9.17, 15) is 4.79 Å². The third kappa shape index (κ3) is 1.78.